The van der Waals surface area contributed by atoms with Crippen LogP contribution in [0.4, 0.5) is 0 Å². The van der Waals surface area contributed by atoms with Gasteiger partial charge in [-0.1, -0.05) is 297 Å². The summed E-state index contributed by atoms with van der Waals surface area (Å²) in [6.45, 7) is 6.98. The second kappa shape index (κ2) is 46.4. The summed E-state index contributed by atoms with van der Waals surface area (Å²) in [4.78, 5) is 0. The van der Waals surface area contributed by atoms with Crippen molar-refractivity contribution in [1.29, 1.82) is 0 Å². The molecule has 0 aromatic rings. The van der Waals surface area contributed by atoms with Gasteiger partial charge in [-0.25, -0.2) is 0 Å². The van der Waals surface area contributed by atoms with Gasteiger partial charge in [0.1, 0.15) is 0 Å². The summed E-state index contributed by atoms with van der Waals surface area (Å²) in [7, 11) is -9.82. The fourth-order valence-corrected chi connectivity index (χ4v) is 31.3. The van der Waals surface area contributed by atoms with E-state index < -0.39 is 57.1 Å². The molecule has 0 spiro atoms. The monoisotopic (exact) mass is 1000 g/mol. The van der Waals surface area contributed by atoms with Gasteiger partial charge in [0.2, 0.25) is 0 Å². The van der Waals surface area contributed by atoms with E-state index >= 15 is 0 Å². The molecule has 0 aromatic carbocycles. The van der Waals surface area contributed by atoms with Crippen molar-refractivity contribution in [3.05, 3.63) is 0 Å². The molecule has 1 aliphatic heterocycles. The smallest absolute Gasteiger partial charge is 0.323 e. The third-order valence-electron chi connectivity index (χ3n) is 14.9. The minimum atomic E-state index is -2.72. The first-order chi connectivity index (χ1) is 31.7. The van der Waals surface area contributed by atoms with Gasteiger partial charge in [0.25, 0.3) is 40.0 Å². The quantitative estimate of drug-likeness (QED) is 0.0473. The fourth-order valence-electron chi connectivity index (χ4n) is 10.7. The lowest BCUT2D eigenvalue weighted by Crippen LogP contribution is -2.59. The Kier molecular flexibility index (Phi) is 44.4. The molecule has 1 saturated heterocycles. The first-order valence-corrected chi connectivity index (χ1v) is 38.4. The van der Waals surface area contributed by atoms with E-state index in [-0.39, 0.29) is 0 Å². The summed E-state index contributed by atoms with van der Waals surface area (Å²) in [6, 6.07) is 3.43. The van der Waals surface area contributed by atoms with Crippen molar-refractivity contribution in [1.82, 2.24) is 0 Å². The van der Waals surface area contributed by atoms with E-state index in [1.807, 2.05) is 0 Å². The molecule has 1 unspecified atom stereocenters. The van der Waals surface area contributed by atoms with E-state index in [1.165, 1.54) is 289 Å². The Morgan fingerprint density at radius 2 is 0.594 bits per heavy atom. The lowest BCUT2D eigenvalue weighted by atomic mass is 10.0. The fraction of sp³-hybridized carbons (Fsp3) is 1.00. The van der Waals surface area contributed by atoms with E-state index in [9.17, 15) is 0 Å². The Hall–Kier alpha value is 1.06. The van der Waals surface area contributed by atoms with Crippen molar-refractivity contribution < 1.29 is 24.7 Å². The highest BCUT2D eigenvalue weighted by molar-refractivity contribution is 6.85. The predicted octanol–water partition coefficient (Wildman–Crippen LogP) is 16.0. The van der Waals surface area contributed by atoms with Crippen LogP contribution < -0.4 is 0 Å². The maximum atomic E-state index is 8.32. The van der Waals surface area contributed by atoms with Crippen molar-refractivity contribution in [2.75, 3.05) is 0 Å². The van der Waals surface area contributed by atoms with Crippen LogP contribution in [0.3, 0.4) is 0 Å². The van der Waals surface area contributed by atoms with Gasteiger partial charge in [-0.2, -0.15) is 0 Å². The second-order valence-corrected chi connectivity index (χ2v) is 35.6. The topological polar surface area (TPSA) is 55.4 Å². The van der Waals surface area contributed by atoms with Gasteiger partial charge in [-0.3, -0.25) is 0 Å². The number of unbranched alkanes of at least 4 members (excludes halogenated alkanes) is 27. The van der Waals surface area contributed by atoms with Gasteiger partial charge >= 0.3 is 17.1 Å². The molecule has 0 radical (unpaired) electrons. The van der Waals surface area contributed by atoms with Crippen molar-refractivity contribution in [3.8, 4) is 0 Å². The molecule has 2 aliphatic rings. The standard InChI is InChI=1S/C52H114O6Si6/c1-4-7-10-13-16-19-29-34-39-44-49-63(50-45-40-35-30-20-17-14-11-8-5-2)56-61-54-59-53-60-55-62-57-64(58-63,51-46-41-36-31-21-18-15-12-9-6-3)52-47-42-37-32-27-25-23-22-24-26-28-33-38-43-48-52/h52H,4-51,59-62H2,1-3H3. The lowest BCUT2D eigenvalue weighted by Gasteiger charge is -2.46. The predicted molar refractivity (Wildman–Crippen MR) is 295 cm³/mol. The average molecular weight is 1000 g/mol. The number of rotatable bonds is 34. The molecule has 64 heavy (non-hydrogen) atoms. The molecule has 0 aromatic heterocycles. The van der Waals surface area contributed by atoms with Crippen LogP contribution in [-0.4, -0.2) is 57.1 Å². The van der Waals surface area contributed by atoms with Crippen LogP contribution in [0.25, 0.3) is 0 Å². The largest absolute Gasteiger partial charge is 0.425 e. The molecular formula is C52H114O6Si6. The zero-order chi connectivity index (χ0) is 45.6. The first kappa shape index (κ1) is 61.2. The van der Waals surface area contributed by atoms with E-state index in [2.05, 4.69) is 20.8 Å². The highest BCUT2D eigenvalue weighted by Gasteiger charge is 2.52. The van der Waals surface area contributed by atoms with Gasteiger partial charge in [0.15, 0.2) is 0 Å². The Balaban J connectivity index is 2.38. The van der Waals surface area contributed by atoms with Gasteiger partial charge in [0.05, 0.1) is 0 Å². The van der Waals surface area contributed by atoms with E-state index in [0.29, 0.717) is 5.54 Å². The molecule has 1 heterocycles. The highest BCUT2D eigenvalue weighted by Crippen LogP contribution is 2.43. The lowest BCUT2D eigenvalue weighted by molar-refractivity contribution is 0.259. The molecule has 2 rings (SSSR count). The maximum absolute atomic E-state index is 8.32. The summed E-state index contributed by atoms with van der Waals surface area (Å²) in [5, 5.41) is 0. The summed E-state index contributed by atoms with van der Waals surface area (Å²) in [5.74, 6) is 0. The van der Waals surface area contributed by atoms with Gasteiger partial charge in [0, 0.05) is 5.54 Å². The van der Waals surface area contributed by atoms with E-state index in [4.69, 9.17) is 24.7 Å². The number of hydrogen-bond acceptors (Lipinski definition) is 6. The molecule has 1 saturated carbocycles. The van der Waals surface area contributed by atoms with Gasteiger partial charge < -0.3 is 24.7 Å². The average Bonchev–Trinajstić information content (AvgIpc) is 3.29. The van der Waals surface area contributed by atoms with Crippen LogP contribution in [0.15, 0.2) is 0 Å². The number of hydrogen-bond donors (Lipinski definition) is 0. The van der Waals surface area contributed by atoms with Crippen LogP contribution >= 0.6 is 0 Å². The molecule has 0 N–H and O–H groups in total. The van der Waals surface area contributed by atoms with E-state index in [0.717, 1.165) is 18.1 Å². The molecule has 1 atom stereocenters. The minimum absolute atomic E-state index is 0.549. The van der Waals surface area contributed by atoms with Gasteiger partial charge in [-0.15, -0.1) is 0 Å². The summed E-state index contributed by atoms with van der Waals surface area (Å²) < 4.78 is 42.4. The zero-order valence-corrected chi connectivity index (χ0v) is 51.5. The Morgan fingerprint density at radius 1 is 0.312 bits per heavy atom. The third-order valence-corrected chi connectivity index (χ3v) is 31.9. The Labute approximate surface area is 413 Å². The van der Waals surface area contributed by atoms with Crippen molar-refractivity contribution in [3.63, 3.8) is 0 Å². The molecule has 2 fully saturated rings. The van der Waals surface area contributed by atoms with Crippen LogP contribution in [0.5, 0.6) is 0 Å². The third kappa shape index (κ3) is 34.4. The Bertz CT molecular complexity index is 918. The SMILES string of the molecule is CCCCCCCCCCCC[Si]1(CCCCCCCCCCCC)O[SiH2]O[SiH2]O[SiH2]O[SiH2]O[Si](CCCCCCCCCCCC)(C2CCCCCCCCCCCCCCC2)O1. The summed E-state index contributed by atoms with van der Waals surface area (Å²) >= 11 is 0. The van der Waals surface area contributed by atoms with Crippen molar-refractivity contribution in [2.45, 2.75) is 333 Å². The zero-order valence-electron chi connectivity index (χ0n) is 43.8. The maximum Gasteiger partial charge on any atom is 0.323 e. The van der Waals surface area contributed by atoms with Crippen molar-refractivity contribution >= 4 is 57.1 Å². The van der Waals surface area contributed by atoms with Gasteiger partial charge in [-0.05, 0) is 31.0 Å². The minimum Gasteiger partial charge on any atom is -0.425 e. The molecule has 382 valence electrons. The molecule has 6 nitrogen and oxygen atoms in total. The molecule has 12 heteroatoms. The summed E-state index contributed by atoms with van der Waals surface area (Å²) in [5.41, 5.74) is 0.549. The van der Waals surface area contributed by atoms with Crippen molar-refractivity contribution in [2.24, 2.45) is 0 Å². The van der Waals surface area contributed by atoms with Crippen LogP contribution in [-0.2, 0) is 24.7 Å². The normalized spacial score (nSPS) is 22.5. The summed E-state index contributed by atoms with van der Waals surface area (Å²) in [6.07, 6.45) is 61.9. The molecule has 0 amide bonds. The van der Waals surface area contributed by atoms with Crippen LogP contribution in [0.1, 0.15) is 310 Å². The highest BCUT2D eigenvalue weighted by atomic mass is 28.5. The molecular weight excluding hydrogens is 889 g/mol. The van der Waals surface area contributed by atoms with E-state index in [1.54, 1.807) is 0 Å². The first-order valence-electron chi connectivity index (χ1n) is 29.4. The molecule has 1 aliphatic carbocycles. The molecule has 0 bridgehead atoms. The Morgan fingerprint density at radius 3 is 0.953 bits per heavy atom. The van der Waals surface area contributed by atoms with Crippen LogP contribution in [0, 0.1) is 0 Å². The van der Waals surface area contributed by atoms with Crippen LogP contribution in [0.2, 0.25) is 23.7 Å². The second-order valence-electron chi connectivity index (χ2n) is 20.9.